The van der Waals surface area contributed by atoms with Crippen molar-refractivity contribution >= 4 is 16.7 Å². The van der Waals surface area contributed by atoms with Crippen molar-refractivity contribution < 1.29 is 19.7 Å². The summed E-state index contributed by atoms with van der Waals surface area (Å²) in [5.74, 6) is -0.766. The van der Waals surface area contributed by atoms with E-state index in [0.717, 1.165) is 10.8 Å². The molecule has 2 atom stereocenters. The Morgan fingerprint density at radius 3 is 2.26 bits per heavy atom. The summed E-state index contributed by atoms with van der Waals surface area (Å²) in [4.78, 5) is 11.3. The maximum atomic E-state index is 11.3. The van der Waals surface area contributed by atoms with Crippen molar-refractivity contribution in [2.75, 3.05) is 0 Å². The van der Waals surface area contributed by atoms with Crippen LogP contribution in [0.4, 0.5) is 0 Å². The van der Waals surface area contributed by atoms with Crippen molar-refractivity contribution in [2.24, 2.45) is 0 Å². The second-order valence-corrected chi connectivity index (χ2v) is 4.56. The van der Waals surface area contributed by atoms with E-state index >= 15 is 0 Å². The van der Waals surface area contributed by atoms with Gasteiger partial charge in [-0.2, -0.15) is 0 Å². The van der Waals surface area contributed by atoms with Crippen LogP contribution < -0.4 is 4.74 Å². The fourth-order valence-corrected chi connectivity index (χ4v) is 1.78. The minimum atomic E-state index is -1.04. The molecule has 2 rings (SSSR count). The molecule has 0 spiro atoms. The molecule has 2 aromatic rings. The van der Waals surface area contributed by atoms with Gasteiger partial charge in [0.05, 0.1) is 6.10 Å². The number of rotatable bonds is 4. The first-order valence-electron chi connectivity index (χ1n) is 6.10. The minimum absolute atomic E-state index is 0.103. The van der Waals surface area contributed by atoms with Gasteiger partial charge in [-0.15, -0.1) is 0 Å². The van der Waals surface area contributed by atoms with Crippen molar-refractivity contribution in [2.45, 2.75) is 26.1 Å². The summed E-state index contributed by atoms with van der Waals surface area (Å²) in [5.41, 5.74) is 0.103. The molecule has 2 unspecified atom stereocenters. The number of carboxylic acid groups (broad SMARTS) is 1. The van der Waals surface area contributed by atoms with Gasteiger partial charge in [0.25, 0.3) is 0 Å². The largest absolute Gasteiger partial charge is 0.487 e. The van der Waals surface area contributed by atoms with E-state index in [-0.39, 0.29) is 11.3 Å². The Balaban J connectivity index is 2.50. The van der Waals surface area contributed by atoms with Crippen LogP contribution >= 0.6 is 0 Å². The van der Waals surface area contributed by atoms with E-state index in [1.165, 1.54) is 0 Å². The Labute approximate surface area is 111 Å². The molecule has 0 fully saturated rings. The molecule has 0 aromatic heterocycles. The van der Waals surface area contributed by atoms with E-state index in [1.54, 1.807) is 26.0 Å². The minimum Gasteiger partial charge on any atom is -0.487 e. The van der Waals surface area contributed by atoms with Crippen LogP contribution in [0.25, 0.3) is 10.8 Å². The molecular weight excluding hydrogens is 244 g/mol. The van der Waals surface area contributed by atoms with E-state index in [4.69, 9.17) is 4.74 Å². The molecule has 0 heterocycles. The molecule has 0 aliphatic heterocycles. The highest BCUT2D eigenvalue weighted by Crippen LogP contribution is 2.27. The summed E-state index contributed by atoms with van der Waals surface area (Å²) < 4.78 is 5.55. The van der Waals surface area contributed by atoms with Gasteiger partial charge in [-0.05, 0) is 36.8 Å². The zero-order valence-corrected chi connectivity index (χ0v) is 10.8. The van der Waals surface area contributed by atoms with Crippen LogP contribution in [0.2, 0.25) is 0 Å². The molecule has 100 valence electrons. The Morgan fingerprint density at radius 1 is 1.16 bits per heavy atom. The van der Waals surface area contributed by atoms with Crippen molar-refractivity contribution in [3.63, 3.8) is 0 Å². The van der Waals surface area contributed by atoms with Crippen LogP contribution in [0.3, 0.4) is 0 Å². The summed E-state index contributed by atoms with van der Waals surface area (Å²) in [6, 6.07) is 10.8. The average molecular weight is 260 g/mol. The summed E-state index contributed by atoms with van der Waals surface area (Å²) in [5, 5.41) is 20.4. The maximum Gasteiger partial charge on any atom is 0.339 e. The van der Waals surface area contributed by atoms with E-state index in [0.29, 0.717) is 0 Å². The van der Waals surface area contributed by atoms with Crippen LogP contribution in [0, 0.1) is 0 Å². The first-order valence-corrected chi connectivity index (χ1v) is 6.10. The van der Waals surface area contributed by atoms with E-state index < -0.39 is 18.2 Å². The molecule has 0 saturated heterocycles. The number of carboxylic acids is 1. The summed E-state index contributed by atoms with van der Waals surface area (Å²) in [6.45, 7) is 3.30. The molecule has 0 radical (unpaired) electrons. The normalized spacial score (nSPS) is 14.1. The monoisotopic (exact) mass is 260 g/mol. The molecule has 4 heteroatoms. The molecular formula is C15H16O4. The standard InChI is InChI=1S/C15H16O4/c1-9(16)10(2)19-14-8-12-6-4-3-5-11(12)7-13(14)15(17)18/h3-10,16H,1-2H3,(H,17,18). The lowest BCUT2D eigenvalue weighted by atomic mass is 10.1. The molecule has 19 heavy (non-hydrogen) atoms. The Hall–Kier alpha value is -2.07. The number of hydrogen-bond acceptors (Lipinski definition) is 3. The van der Waals surface area contributed by atoms with Crippen LogP contribution in [0.1, 0.15) is 24.2 Å². The number of aromatic carboxylic acids is 1. The molecule has 2 N–H and O–H groups in total. The second-order valence-electron chi connectivity index (χ2n) is 4.56. The highest BCUT2D eigenvalue weighted by atomic mass is 16.5. The number of hydrogen-bond donors (Lipinski definition) is 2. The number of aliphatic hydroxyl groups is 1. The summed E-state index contributed by atoms with van der Waals surface area (Å²) in [7, 11) is 0. The molecule has 0 amide bonds. The van der Waals surface area contributed by atoms with E-state index in [2.05, 4.69) is 0 Å². The fraction of sp³-hybridized carbons (Fsp3) is 0.267. The van der Waals surface area contributed by atoms with E-state index in [1.807, 2.05) is 24.3 Å². The van der Waals surface area contributed by atoms with Crippen molar-refractivity contribution in [1.82, 2.24) is 0 Å². The number of fused-ring (bicyclic) bond motifs is 1. The van der Waals surface area contributed by atoms with Gasteiger partial charge in [0, 0.05) is 0 Å². The van der Waals surface area contributed by atoms with Gasteiger partial charge in [0.15, 0.2) is 0 Å². The van der Waals surface area contributed by atoms with Crippen LogP contribution in [0.15, 0.2) is 36.4 Å². The van der Waals surface area contributed by atoms with Gasteiger partial charge in [-0.25, -0.2) is 4.79 Å². The van der Waals surface area contributed by atoms with Crippen molar-refractivity contribution in [3.8, 4) is 5.75 Å². The Bertz CT molecular complexity index is 604. The predicted octanol–water partition coefficient (Wildman–Crippen LogP) is 2.69. The average Bonchev–Trinajstić information content (AvgIpc) is 2.37. The van der Waals surface area contributed by atoms with Gasteiger partial charge in [0.2, 0.25) is 0 Å². The third-order valence-electron chi connectivity index (χ3n) is 3.07. The smallest absolute Gasteiger partial charge is 0.339 e. The fourth-order valence-electron chi connectivity index (χ4n) is 1.78. The van der Waals surface area contributed by atoms with Crippen LogP contribution in [-0.4, -0.2) is 28.4 Å². The van der Waals surface area contributed by atoms with Crippen molar-refractivity contribution in [3.05, 3.63) is 42.0 Å². The molecule has 0 aliphatic rings. The van der Waals surface area contributed by atoms with Crippen LogP contribution in [0.5, 0.6) is 5.75 Å². The topological polar surface area (TPSA) is 66.8 Å². The van der Waals surface area contributed by atoms with Crippen LogP contribution in [-0.2, 0) is 0 Å². The lowest BCUT2D eigenvalue weighted by Gasteiger charge is -2.19. The van der Waals surface area contributed by atoms with Gasteiger partial charge in [0.1, 0.15) is 17.4 Å². The Morgan fingerprint density at radius 2 is 1.74 bits per heavy atom. The van der Waals surface area contributed by atoms with Gasteiger partial charge < -0.3 is 14.9 Å². The lowest BCUT2D eigenvalue weighted by Crippen LogP contribution is -2.26. The molecule has 0 saturated carbocycles. The number of aliphatic hydroxyl groups excluding tert-OH is 1. The molecule has 0 bridgehead atoms. The van der Waals surface area contributed by atoms with Crippen molar-refractivity contribution in [1.29, 1.82) is 0 Å². The van der Waals surface area contributed by atoms with E-state index in [9.17, 15) is 15.0 Å². The predicted molar refractivity (Wildman–Crippen MR) is 72.7 cm³/mol. The number of ether oxygens (including phenoxy) is 1. The van der Waals surface area contributed by atoms with Gasteiger partial charge in [-0.3, -0.25) is 0 Å². The highest BCUT2D eigenvalue weighted by molar-refractivity contribution is 5.97. The number of carbonyl (C=O) groups is 1. The zero-order valence-electron chi connectivity index (χ0n) is 10.8. The van der Waals surface area contributed by atoms with Gasteiger partial charge >= 0.3 is 5.97 Å². The van der Waals surface area contributed by atoms with Gasteiger partial charge in [-0.1, -0.05) is 24.3 Å². The molecule has 4 nitrogen and oxygen atoms in total. The summed E-state index contributed by atoms with van der Waals surface area (Å²) in [6.07, 6.45) is -1.15. The highest BCUT2D eigenvalue weighted by Gasteiger charge is 2.17. The second kappa shape index (κ2) is 5.28. The first kappa shape index (κ1) is 13.4. The SMILES string of the molecule is CC(O)C(C)Oc1cc2ccccc2cc1C(=O)O. The third kappa shape index (κ3) is 2.85. The zero-order chi connectivity index (χ0) is 14.0. The molecule has 2 aromatic carbocycles. The quantitative estimate of drug-likeness (QED) is 0.887. The summed E-state index contributed by atoms with van der Waals surface area (Å²) >= 11 is 0. The lowest BCUT2D eigenvalue weighted by molar-refractivity contribution is 0.0561. The maximum absolute atomic E-state index is 11.3. The number of benzene rings is 2. The molecule has 0 aliphatic carbocycles. The first-order chi connectivity index (χ1) is 8.99. The Kier molecular flexibility index (Phi) is 3.71. The third-order valence-corrected chi connectivity index (χ3v) is 3.07.